The van der Waals surface area contributed by atoms with Gasteiger partial charge in [-0.1, -0.05) is 55.5 Å². The van der Waals surface area contributed by atoms with E-state index in [1.165, 1.54) is 43.5 Å². The van der Waals surface area contributed by atoms with Crippen LogP contribution in [0.15, 0.2) is 30.3 Å². The van der Waals surface area contributed by atoms with E-state index in [0.29, 0.717) is 6.54 Å². The molecule has 1 heterocycles. The van der Waals surface area contributed by atoms with E-state index in [4.69, 9.17) is 5.10 Å². The standard InChI is InChI=1S/C25H33N3OS/c1-3-21(4-2)22(29)28(16-17-8-6-5-7-9-17)24-27-26-23(30-24)25-13-18-10-19(14-25)12-20(11-18)15-25/h5-9,18-21H,3-4,10-16H2,1-2H3. The number of hydrogen-bond donors (Lipinski definition) is 0. The van der Waals surface area contributed by atoms with Gasteiger partial charge in [-0.25, -0.2) is 0 Å². The Morgan fingerprint density at radius 2 is 1.63 bits per heavy atom. The molecule has 0 atom stereocenters. The van der Waals surface area contributed by atoms with Gasteiger partial charge in [-0.3, -0.25) is 9.69 Å². The first-order valence-electron chi connectivity index (χ1n) is 11.8. The van der Waals surface area contributed by atoms with Crippen LogP contribution in [0.1, 0.15) is 75.8 Å². The highest BCUT2D eigenvalue weighted by Crippen LogP contribution is 2.61. The van der Waals surface area contributed by atoms with Gasteiger partial charge in [0.25, 0.3) is 0 Å². The molecule has 0 saturated heterocycles. The highest BCUT2D eigenvalue weighted by atomic mass is 32.1. The summed E-state index contributed by atoms with van der Waals surface area (Å²) in [7, 11) is 0. The SMILES string of the molecule is CCC(CC)C(=O)N(Cc1ccccc1)c1nnc(C23CC4CC(CC(C4)C2)C3)s1. The molecule has 30 heavy (non-hydrogen) atoms. The molecule has 4 fully saturated rings. The Balaban J connectivity index is 1.45. The number of anilines is 1. The zero-order valence-electron chi connectivity index (χ0n) is 18.2. The molecule has 4 aliphatic carbocycles. The summed E-state index contributed by atoms with van der Waals surface area (Å²) in [5, 5.41) is 11.3. The molecule has 4 saturated carbocycles. The molecule has 0 N–H and O–H groups in total. The Labute approximate surface area is 184 Å². The van der Waals surface area contributed by atoms with Crippen molar-refractivity contribution in [3.63, 3.8) is 0 Å². The topological polar surface area (TPSA) is 46.1 Å². The van der Waals surface area contributed by atoms with Gasteiger partial charge in [0.2, 0.25) is 11.0 Å². The Morgan fingerprint density at radius 1 is 1.03 bits per heavy atom. The van der Waals surface area contributed by atoms with E-state index in [-0.39, 0.29) is 17.2 Å². The molecule has 4 bridgehead atoms. The predicted octanol–water partition coefficient (Wildman–Crippen LogP) is 5.98. The molecule has 0 aliphatic heterocycles. The zero-order valence-corrected chi connectivity index (χ0v) is 19.0. The first-order valence-corrected chi connectivity index (χ1v) is 12.6. The van der Waals surface area contributed by atoms with Gasteiger partial charge in [0, 0.05) is 11.3 Å². The number of nitrogens with zero attached hydrogens (tertiary/aromatic N) is 3. The average Bonchev–Trinajstić information content (AvgIpc) is 3.23. The summed E-state index contributed by atoms with van der Waals surface area (Å²) in [5.74, 6) is 2.89. The largest absolute Gasteiger partial charge is 0.282 e. The van der Waals surface area contributed by atoms with Crippen molar-refractivity contribution in [3.05, 3.63) is 40.9 Å². The summed E-state index contributed by atoms with van der Waals surface area (Å²) in [5.41, 5.74) is 1.38. The van der Waals surface area contributed by atoms with Gasteiger partial charge in [-0.05, 0) is 74.7 Å². The van der Waals surface area contributed by atoms with Crippen LogP contribution in [0.2, 0.25) is 0 Å². The van der Waals surface area contributed by atoms with Gasteiger partial charge >= 0.3 is 0 Å². The number of rotatable bonds is 7. The van der Waals surface area contributed by atoms with Gasteiger partial charge in [0.1, 0.15) is 5.01 Å². The fourth-order valence-corrected chi connectivity index (χ4v) is 7.84. The molecule has 6 rings (SSSR count). The van der Waals surface area contributed by atoms with Crippen molar-refractivity contribution in [1.29, 1.82) is 0 Å². The lowest BCUT2D eigenvalue weighted by Crippen LogP contribution is -2.48. The summed E-state index contributed by atoms with van der Waals surface area (Å²) in [6, 6.07) is 10.3. The number of benzene rings is 1. The van der Waals surface area contributed by atoms with Gasteiger partial charge in [-0.15, -0.1) is 10.2 Å². The average molecular weight is 424 g/mol. The molecule has 1 aromatic heterocycles. The molecule has 0 unspecified atom stereocenters. The van der Waals surface area contributed by atoms with Crippen molar-refractivity contribution in [2.24, 2.45) is 23.7 Å². The molecule has 4 aliphatic rings. The molecule has 4 nitrogen and oxygen atoms in total. The lowest BCUT2D eigenvalue weighted by Gasteiger charge is -2.55. The first kappa shape index (κ1) is 20.2. The van der Waals surface area contributed by atoms with Crippen molar-refractivity contribution in [3.8, 4) is 0 Å². The predicted molar refractivity (Wildman–Crippen MR) is 121 cm³/mol. The number of carbonyl (C=O) groups excluding carboxylic acids is 1. The van der Waals surface area contributed by atoms with Crippen LogP contribution in [0.5, 0.6) is 0 Å². The van der Waals surface area contributed by atoms with E-state index in [0.717, 1.165) is 41.3 Å². The Morgan fingerprint density at radius 3 is 2.20 bits per heavy atom. The highest BCUT2D eigenvalue weighted by molar-refractivity contribution is 7.15. The quantitative estimate of drug-likeness (QED) is 0.551. The van der Waals surface area contributed by atoms with Crippen molar-refractivity contribution in [2.45, 2.75) is 77.2 Å². The smallest absolute Gasteiger partial charge is 0.232 e. The minimum absolute atomic E-state index is 0.0422. The van der Waals surface area contributed by atoms with Crippen molar-refractivity contribution in [1.82, 2.24) is 10.2 Å². The summed E-state index contributed by atoms with van der Waals surface area (Å²) < 4.78 is 0. The Hall–Kier alpha value is -1.75. The van der Waals surface area contributed by atoms with E-state index in [1.54, 1.807) is 11.3 Å². The molecular formula is C25H33N3OS. The summed E-state index contributed by atoms with van der Waals surface area (Å²) in [4.78, 5) is 15.3. The molecule has 0 radical (unpaired) electrons. The maximum atomic E-state index is 13.4. The van der Waals surface area contributed by atoms with E-state index in [2.05, 4.69) is 31.1 Å². The van der Waals surface area contributed by atoms with Crippen molar-refractivity contribution in [2.75, 3.05) is 4.90 Å². The summed E-state index contributed by atoms with van der Waals surface area (Å²) in [6.07, 6.45) is 9.86. The van der Waals surface area contributed by atoms with Crippen LogP contribution in [0, 0.1) is 23.7 Å². The van der Waals surface area contributed by atoms with Crippen LogP contribution in [0.4, 0.5) is 5.13 Å². The van der Waals surface area contributed by atoms with E-state index < -0.39 is 0 Å². The second kappa shape index (κ2) is 8.07. The molecule has 1 amide bonds. The molecule has 160 valence electrons. The third-order valence-electron chi connectivity index (χ3n) is 7.92. The van der Waals surface area contributed by atoms with E-state index >= 15 is 0 Å². The van der Waals surface area contributed by atoms with Crippen LogP contribution >= 0.6 is 11.3 Å². The Bertz CT molecular complexity index is 854. The third-order valence-corrected chi connectivity index (χ3v) is 9.11. The maximum Gasteiger partial charge on any atom is 0.232 e. The van der Waals surface area contributed by atoms with Gasteiger partial charge in [-0.2, -0.15) is 0 Å². The van der Waals surface area contributed by atoms with E-state index in [9.17, 15) is 4.79 Å². The molecule has 0 spiro atoms. The van der Waals surface area contributed by atoms with Crippen LogP contribution in [-0.4, -0.2) is 16.1 Å². The number of carbonyl (C=O) groups is 1. The van der Waals surface area contributed by atoms with Crippen molar-refractivity contribution < 1.29 is 4.79 Å². The number of hydrogen-bond acceptors (Lipinski definition) is 4. The van der Waals surface area contributed by atoms with Gasteiger partial charge in [0.05, 0.1) is 6.54 Å². The summed E-state index contributed by atoms with van der Waals surface area (Å²) >= 11 is 1.70. The van der Waals surface area contributed by atoms with Crippen LogP contribution in [0.25, 0.3) is 0 Å². The zero-order chi connectivity index (χ0) is 20.7. The monoisotopic (exact) mass is 423 g/mol. The molecular weight excluding hydrogens is 390 g/mol. The molecule has 5 heteroatoms. The lowest BCUT2D eigenvalue weighted by molar-refractivity contribution is -0.122. The lowest BCUT2D eigenvalue weighted by atomic mass is 9.50. The highest BCUT2D eigenvalue weighted by Gasteiger charge is 2.53. The van der Waals surface area contributed by atoms with Crippen LogP contribution in [-0.2, 0) is 16.8 Å². The third kappa shape index (κ3) is 3.59. The normalized spacial score (nSPS) is 29.5. The second-order valence-corrected chi connectivity index (χ2v) is 11.0. The van der Waals surface area contributed by atoms with Crippen molar-refractivity contribution >= 4 is 22.4 Å². The maximum absolute atomic E-state index is 13.4. The fourth-order valence-electron chi connectivity index (χ4n) is 6.78. The van der Waals surface area contributed by atoms with Gasteiger partial charge < -0.3 is 0 Å². The Kier molecular flexibility index (Phi) is 5.42. The minimum Gasteiger partial charge on any atom is -0.282 e. The van der Waals surface area contributed by atoms with Gasteiger partial charge in [0.15, 0.2) is 0 Å². The molecule has 1 aromatic carbocycles. The van der Waals surface area contributed by atoms with Crippen LogP contribution in [0.3, 0.4) is 0 Å². The fraction of sp³-hybridized carbons (Fsp3) is 0.640. The molecule has 2 aromatic rings. The summed E-state index contributed by atoms with van der Waals surface area (Å²) in [6.45, 7) is 4.78. The minimum atomic E-state index is 0.0422. The number of amides is 1. The van der Waals surface area contributed by atoms with E-state index in [1.807, 2.05) is 23.1 Å². The second-order valence-electron chi connectivity index (χ2n) is 10.0. The van der Waals surface area contributed by atoms with Crippen LogP contribution < -0.4 is 4.90 Å². The number of aromatic nitrogens is 2. The first-order chi connectivity index (χ1) is 14.6.